The molecular formula is C20H24N4O2. The van der Waals surface area contributed by atoms with Gasteiger partial charge in [0.2, 0.25) is 5.88 Å². The number of aromatic nitrogens is 3. The molecule has 1 aromatic carbocycles. The second-order valence-corrected chi connectivity index (χ2v) is 6.67. The molecule has 26 heavy (non-hydrogen) atoms. The first-order valence-electron chi connectivity index (χ1n) is 9.19. The number of para-hydroxylation sites is 1. The summed E-state index contributed by atoms with van der Waals surface area (Å²) in [6.07, 6.45) is 1.33. The van der Waals surface area contributed by atoms with Gasteiger partial charge in [0, 0.05) is 11.5 Å². The summed E-state index contributed by atoms with van der Waals surface area (Å²) in [5.41, 5.74) is 3.13. The lowest BCUT2D eigenvalue weighted by Gasteiger charge is -2.15. The second-order valence-electron chi connectivity index (χ2n) is 6.67. The van der Waals surface area contributed by atoms with Gasteiger partial charge in [0.15, 0.2) is 0 Å². The fourth-order valence-corrected chi connectivity index (χ4v) is 3.46. The molecule has 6 nitrogen and oxygen atoms in total. The third-order valence-electron chi connectivity index (χ3n) is 4.88. The van der Waals surface area contributed by atoms with Gasteiger partial charge in [-0.1, -0.05) is 31.2 Å². The zero-order valence-electron chi connectivity index (χ0n) is 14.9. The fourth-order valence-electron chi connectivity index (χ4n) is 3.46. The molecule has 0 radical (unpaired) electrons. The molecule has 0 saturated carbocycles. The van der Waals surface area contributed by atoms with E-state index in [1.807, 2.05) is 35.0 Å². The summed E-state index contributed by atoms with van der Waals surface area (Å²) in [4.78, 5) is 4.60. The van der Waals surface area contributed by atoms with Gasteiger partial charge >= 0.3 is 0 Å². The van der Waals surface area contributed by atoms with Crippen molar-refractivity contribution in [2.45, 2.75) is 38.5 Å². The van der Waals surface area contributed by atoms with Crippen LogP contribution in [0.2, 0.25) is 0 Å². The number of pyridine rings is 1. The van der Waals surface area contributed by atoms with Crippen LogP contribution < -0.4 is 10.1 Å². The van der Waals surface area contributed by atoms with Crippen LogP contribution in [0.5, 0.6) is 5.88 Å². The number of aliphatic hydroxyl groups is 1. The van der Waals surface area contributed by atoms with Crippen LogP contribution in [0.15, 0.2) is 42.5 Å². The fraction of sp³-hybridized carbons (Fsp3) is 0.400. The zero-order chi connectivity index (χ0) is 17.9. The molecule has 1 fully saturated rings. The van der Waals surface area contributed by atoms with Crippen LogP contribution in [0.1, 0.15) is 24.7 Å². The summed E-state index contributed by atoms with van der Waals surface area (Å²) >= 11 is 0. The lowest BCUT2D eigenvalue weighted by atomic mass is 10.2. The number of ether oxygens (including phenoxy) is 1. The monoisotopic (exact) mass is 352 g/mol. The number of rotatable bonds is 6. The van der Waals surface area contributed by atoms with E-state index in [2.05, 4.69) is 29.4 Å². The van der Waals surface area contributed by atoms with Crippen molar-refractivity contribution < 1.29 is 9.84 Å². The van der Waals surface area contributed by atoms with Crippen LogP contribution in [0, 0.1) is 0 Å². The summed E-state index contributed by atoms with van der Waals surface area (Å²) < 4.78 is 7.79. The van der Waals surface area contributed by atoms with Crippen molar-refractivity contribution >= 4 is 10.9 Å². The van der Waals surface area contributed by atoms with E-state index >= 15 is 0 Å². The van der Waals surface area contributed by atoms with E-state index < -0.39 is 0 Å². The number of nitrogens with zero attached hydrogens (tertiary/aromatic N) is 3. The van der Waals surface area contributed by atoms with Crippen molar-refractivity contribution in [3.63, 3.8) is 0 Å². The molecule has 3 aromatic rings. The largest absolute Gasteiger partial charge is 0.476 e. The van der Waals surface area contributed by atoms with Crippen molar-refractivity contribution in [1.82, 2.24) is 20.1 Å². The van der Waals surface area contributed by atoms with Gasteiger partial charge in [-0.3, -0.25) is 4.68 Å². The molecule has 1 aliphatic rings. The minimum Gasteiger partial charge on any atom is -0.476 e. The van der Waals surface area contributed by atoms with E-state index in [4.69, 9.17) is 9.84 Å². The number of benzene rings is 1. The van der Waals surface area contributed by atoms with Crippen LogP contribution in [0.25, 0.3) is 10.9 Å². The van der Waals surface area contributed by atoms with E-state index in [0.717, 1.165) is 36.3 Å². The molecule has 6 heteroatoms. The van der Waals surface area contributed by atoms with Crippen molar-refractivity contribution in [2.75, 3.05) is 13.2 Å². The maximum Gasteiger partial charge on any atom is 0.213 e. The van der Waals surface area contributed by atoms with Crippen molar-refractivity contribution in [2.24, 2.45) is 0 Å². The molecule has 136 valence electrons. The number of hydrogen-bond acceptors (Lipinski definition) is 5. The molecule has 0 aliphatic carbocycles. The van der Waals surface area contributed by atoms with Crippen LogP contribution in [-0.4, -0.2) is 45.2 Å². The predicted molar refractivity (Wildman–Crippen MR) is 100 cm³/mol. The van der Waals surface area contributed by atoms with Gasteiger partial charge in [-0.05, 0) is 31.5 Å². The van der Waals surface area contributed by atoms with Gasteiger partial charge in [-0.25, -0.2) is 4.98 Å². The highest BCUT2D eigenvalue weighted by molar-refractivity contribution is 5.82. The van der Waals surface area contributed by atoms with Gasteiger partial charge in [0.1, 0.15) is 6.61 Å². The van der Waals surface area contributed by atoms with Gasteiger partial charge < -0.3 is 15.2 Å². The van der Waals surface area contributed by atoms with Crippen LogP contribution in [0.4, 0.5) is 0 Å². The lowest BCUT2D eigenvalue weighted by Crippen LogP contribution is -2.36. The third kappa shape index (κ3) is 3.43. The Morgan fingerprint density at radius 2 is 2.12 bits per heavy atom. The first-order chi connectivity index (χ1) is 12.7. The number of hydrogen-bond donors (Lipinski definition) is 2. The number of aliphatic hydroxyl groups excluding tert-OH is 1. The standard InChI is InChI=1S/C20H24N4O2/c1-2-16-15-7-3-4-8-18(15)24(23-16)12-14-6-5-9-20(22-14)26-13-17-19(25)10-11-21-17/h3-9,17,19,21,25H,2,10-13H2,1H3/t17-,19+/m1/s1. The highest BCUT2D eigenvalue weighted by Gasteiger charge is 2.25. The average Bonchev–Trinajstić information content (AvgIpc) is 3.24. The minimum atomic E-state index is -0.346. The third-order valence-corrected chi connectivity index (χ3v) is 4.88. The topological polar surface area (TPSA) is 72.2 Å². The molecule has 0 unspecified atom stereocenters. The summed E-state index contributed by atoms with van der Waals surface area (Å²) in [7, 11) is 0. The van der Waals surface area contributed by atoms with Crippen LogP contribution in [0.3, 0.4) is 0 Å². The maximum atomic E-state index is 9.87. The van der Waals surface area contributed by atoms with Crippen molar-refractivity contribution in [1.29, 1.82) is 0 Å². The molecule has 3 heterocycles. The first-order valence-corrected chi connectivity index (χ1v) is 9.19. The molecule has 2 aromatic heterocycles. The van der Waals surface area contributed by atoms with Crippen molar-refractivity contribution in [3.8, 4) is 5.88 Å². The molecule has 1 aliphatic heterocycles. The molecule has 0 amide bonds. The second kappa shape index (κ2) is 7.43. The summed E-state index contributed by atoms with van der Waals surface area (Å²) in [6.45, 7) is 3.97. The zero-order valence-corrected chi connectivity index (χ0v) is 14.9. The SMILES string of the molecule is CCc1nn(Cc2cccc(OC[C@H]3NCC[C@@H]3O)n2)c2ccccc12. The highest BCUT2D eigenvalue weighted by Crippen LogP contribution is 2.20. The van der Waals surface area contributed by atoms with Gasteiger partial charge in [0.25, 0.3) is 0 Å². The molecule has 4 rings (SSSR count). The average molecular weight is 352 g/mol. The Bertz CT molecular complexity index is 892. The molecule has 0 spiro atoms. The Labute approximate surface area is 152 Å². The van der Waals surface area contributed by atoms with Crippen LogP contribution in [-0.2, 0) is 13.0 Å². The molecular weight excluding hydrogens is 328 g/mol. The van der Waals surface area contributed by atoms with Gasteiger partial charge in [-0.15, -0.1) is 0 Å². The summed E-state index contributed by atoms with van der Waals surface area (Å²) in [6, 6.07) is 14.0. The Balaban J connectivity index is 1.50. The molecule has 2 atom stereocenters. The van der Waals surface area contributed by atoms with E-state index in [1.54, 1.807) is 0 Å². The summed E-state index contributed by atoms with van der Waals surface area (Å²) in [5, 5.41) is 19.1. The number of nitrogens with one attached hydrogen (secondary N) is 1. The van der Waals surface area contributed by atoms with Crippen LogP contribution >= 0.6 is 0 Å². The first kappa shape index (κ1) is 17.0. The smallest absolute Gasteiger partial charge is 0.213 e. The molecule has 2 N–H and O–H groups in total. The van der Waals surface area contributed by atoms with E-state index in [1.165, 1.54) is 5.39 Å². The Morgan fingerprint density at radius 3 is 2.92 bits per heavy atom. The van der Waals surface area contributed by atoms with E-state index in [9.17, 15) is 5.11 Å². The van der Waals surface area contributed by atoms with E-state index in [0.29, 0.717) is 19.0 Å². The summed E-state index contributed by atoms with van der Waals surface area (Å²) in [5.74, 6) is 0.579. The van der Waals surface area contributed by atoms with Gasteiger partial charge in [-0.2, -0.15) is 5.10 Å². The number of aryl methyl sites for hydroxylation is 1. The Kier molecular flexibility index (Phi) is 4.86. The Morgan fingerprint density at radius 1 is 1.23 bits per heavy atom. The molecule has 0 bridgehead atoms. The predicted octanol–water partition coefficient (Wildman–Crippen LogP) is 2.14. The lowest BCUT2D eigenvalue weighted by molar-refractivity contribution is 0.126. The van der Waals surface area contributed by atoms with E-state index in [-0.39, 0.29) is 12.1 Å². The highest BCUT2D eigenvalue weighted by atomic mass is 16.5. The quantitative estimate of drug-likeness (QED) is 0.711. The van der Waals surface area contributed by atoms with Crippen molar-refractivity contribution in [3.05, 3.63) is 53.9 Å². The maximum absolute atomic E-state index is 9.87. The minimum absolute atomic E-state index is 0.0253. The van der Waals surface area contributed by atoms with Gasteiger partial charge in [0.05, 0.1) is 35.6 Å². The normalized spacial score (nSPS) is 19.9. The molecule has 1 saturated heterocycles. The Hall–Kier alpha value is -2.44. The number of fused-ring (bicyclic) bond motifs is 1.